The molecule has 0 bridgehead atoms. The Bertz CT molecular complexity index is 857. The quantitative estimate of drug-likeness (QED) is 0.672. The van der Waals surface area contributed by atoms with Gasteiger partial charge in [0.05, 0.1) is 5.02 Å². The maximum absolute atomic E-state index is 13.0. The van der Waals surface area contributed by atoms with Gasteiger partial charge in [-0.15, -0.1) is 0 Å². The number of hydrogen-bond donors (Lipinski definition) is 0. The zero-order chi connectivity index (χ0) is 20.8. The Labute approximate surface area is 173 Å². The zero-order valence-electron chi connectivity index (χ0n) is 16.0. The molecule has 3 rings (SSSR count). The van der Waals surface area contributed by atoms with Crippen molar-refractivity contribution in [2.24, 2.45) is 0 Å². The highest BCUT2D eigenvalue weighted by Gasteiger charge is 2.27. The molecule has 8 heteroatoms. The lowest BCUT2D eigenvalue weighted by molar-refractivity contribution is -0.160. The average molecular weight is 421 g/mol. The largest absolute Gasteiger partial charge is 0.480 e. The Morgan fingerprint density at radius 3 is 2.45 bits per heavy atom. The first-order valence-corrected chi connectivity index (χ1v) is 9.68. The number of amides is 1. The van der Waals surface area contributed by atoms with E-state index in [-0.39, 0.29) is 16.7 Å². The van der Waals surface area contributed by atoms with Crippen LogP contribution >= 0.6 is 11.6 Å². The molecule has 1 fully saturated rings. The van der Waals surface area contributed by atoms with Crippen molar-refractivity contribution in [3.05, 3.63) is 59.4 Å². The van der Waals surface area contributed by atoms with E-state index in [1.807, 2.05) is 30.3 Å². The minimum Gasteiger partial charge on any atom is -0.480 e. The molecule has 0 aliphatic carbocycles. The molecule has 1 aliphatic heterocycles. The number of ether oxygens (including phenoxy) is 2. The van der Waals surface area contributed by atoms with Crippen LogP contribution in [0.5, 0.6) is 5.75 Å². The number of anilines is 1. The lowest BCUT2D eigenvalue weighted by atomic mass is 10.2. The van der Waals surface area contributed by atoms with E-state index in [9.17, 15) is 14.0 Å². The van der Waals surface area contributed by atoms with E-state index in [0.29, 0.717) is 26.2 Å². The summed E-state index contributed by atoms with van der Waals surface area (Å²) in [6.07, 6.45) is -0.918. The number of para-hydroxylation sites is 1. The molecule has 1 heterocycles. The Balaban J connectivity index is 1.44. The SMILES string of the molecule is C[C@H](OC(=O)COc1ccc(F)cc1Cl)C(=O)N1CCN(c2ccccc2)CC1. The van der Waals surface area contributed by atoms with Crippen LogP contribution in [-0.2, 0) is 14.3 Å². The number of nitrogens with zero attached hydrogens (tertiary/aromatic N) is 2. The van der Waals surface area contributed by atoms with Gasteiger partial charge in [-0.25, -0.2) is 9.18 Å². The molecule has 0 radical (unpaired) electrons. The van der Waals surface area contributed by atoms with Crippen LogP contribution in [0.4, 0.5) is 10.1 Å². The third-order valence-corrected chi connectivity index (χ3v) is 4.90. The van der Waals surface area contributed by atoms with Crippen molar-refractivity contribution in [2.75, 3.05) is 37.7 Å². The second-order valence-corrected chi connectivity index (χ2v) is 7.05. The van der Waals surface area contributed by atoms with Gasteiger partial charge in [0.25, 0.3) is 5.91 Å². The summed E-state index contributed by atoms with van der Waals surface area (Å²) in [7, 11) is 0. The van der Waals surface area contributed by atoms with Gasteiger partial charge in [0, 0.05) is 31.9 Å². The van der Waals surface area contributed by atoms with Crippen molar-refractivity contribution in [3.8, 4) is 5.75 Å². The van der Waals surface area contributed by atoms with Crippen molar-refractivity contribution in [1.29, 1.82) is 0 Å². The van der Waals surface area contributed by atoms with Crippen LogP contribution in [0.2, 0.25) is 5.02 Å². The van der Waals surface area contributed by atoms with Crippen LogP contribution in [-0.4, -0.2) is 55.7 Å². The molecule has 154 valence electrons. The van der Waals surface area contributed by atoms with Crippen molar-refractivity contribution >= 4 is 29.2 Å². The summed E-state index contributed by atoms with van der Waals surface area (Å²) in [5.41, 5.74) is 1.12. The Kier molecular flexibility index (Phi) is 6.93. The maximum atomic E-state index is 13.0. The van der Waals surface area contributed by atoms with Gasteiger partial charge in [0.15, 0.2) is 12.7 Å². The second-order valence-electron chi connectivity index (χ2n) is 6.64. The molecule has 1 amide bonds. The predicted octanol–water partition coefficient (Wildman–Crippen LogP) is 3.14. The zero-order valence-corrected chi connectivity index (χ0v) is 16.8. The number of esters is 1. The van der Waals surface area contributed by atoms with Crippen LogP contribution in [0.15, 0.2) is 48.5 Å². The molecule has 1 saturated heterocycles. The summed E-state index contributed by atoms with van der Waals surface area (Å²) in [5, 5.41) is 0.0539. The van der Waals surface area contributed by atoms with E-state index in [4.69, 9.17) is 21.1 Å². The van der Waals surface area contributed by atoms with E-state index < -0.39 is 24.5 Å². The number of carbonyl (C=O) groups excluding carboxylic acids is 2. The van der Waals surface area contributed by atoms with Gasteiger partial charge in [0.1, 0.15) is 11.6 Å². The van der Waals surface area contributed by atoms with Gasteiger partial charge in [0.2, 0.25) is 0 Å². The minimum atomic E-state index is -0.918. The fourth-order valence-electron chi connectivity index (χ4n) is 3.09. The fraction of sp³-hybridized carbons (Fsp3) is 0.333. The first-order valence-electron chi connectivity index (χ1n) is 9.30. The van der Waals surface area contributed by atoms with Crippen molar-refractivity contribution in [1.82, 2.24) is 4.90 Å². The van der Waals surface area contributed by atoms with E-state index >= 15 is 0 Å². The van der Waals surface area contributed by atoms with Crippen molar-refractivity contribution in [2.45, 2.75) is 13.0 Å². The summed E-state index contributed by atoms with van der Waals surface area (Å²) in [5.74, 6) is -1.28. The molecule has 0 N–H and O–H groups in total. The number of hydrogen-bond acceptors (Lipinski definition) is 5. The van der Waals surface area contributed by atoms with Crippen LogP contribution in [0.3, 0.4) is 0 Å². The van der Waals surface area contributed by atoms with Gasteiger partial charge < -0.3 is 19.3 Å². The first kappa shape index (κ1) is 20.9. The number of halogens is 2. The molecule has 0 spiro atoms. The van der Waals surface area contributed by atoms with Gasteiger partial charge in [-0.05, 0) is 37.3 Å². The summed E-state index contributed by atoms with van der Waals surface area (Å²) < 4.78 is 23.4. The summed E-state index contributed by atoms with van der Waals surface area (Å²) in [6, 6.07) is 13.6. The fourth-order valence-corrected chi connectivity index (χ4v) is 3.31. The first-order chi connectivity index (χ1) is 13.9. The van der Waals surface area contributed by atoms with Crippen LogP contribution in [0.25, 0.3) is 0 Å². The molecule has 29 heavy (non-hydrogen) atoms. The topological polar surface area (TPSA) is 59.1 Å². The molecular weight excluding hydrogens is 399 g/mol. The maximum Gasteiger partial charge on any atom is 0.344 e. The summed E-state index contributed by atoms with van der Waals surface area (Å²) >= 11 is 5.84. The van der Waals surface area contributed by atoms with Crippen LogP contribution < -0.4 is 9.64 Å². The number of carbonyl (C=O) groups is 2. The Morgan fingerprint density at radius 2 is 1.79 bits per heavy atom. The molecule has 2 aromatic carbocycles. The Morgan fingerprint density at radius 1 is 1.10 bits per heavy atom. The summed E-state index contributed by atoms with van der Waals surface area (Å²) in [4.78, 5) is 28.5. The highest BCUT2D eigenvalue weighted by molar-refractivity contribution is 6.32. The van der Waals surface area contributed by atoms with E-state index in [0.717, 1.165) is 11.8 Å². The van der Waals surface area contributed by atoms with E-state index in [2.05, 4.69) is 4.90 Å². The standard InChI is InChI=1S/C21H22ClFN2O4/c1-15(29-20(26)14-28-19-8-7-16(23)13-18(19)22)21(27)25-11-9-24(10-12-25)17-5-3-2-4-6-17/h2-8,13,15H,9-12,14H2,1H3/t15-/m0/s1. The minimum absolute atomic E-state index is 0.0539. The van der Waals surface area contributed by atoms with Gasteiger partial charge >= 0.3 is 5.97 Å². The van der Waals surface area contributed by atoms with E-state index in [1.54, 1.807) is 4.90 Å². The molecular formula is C21H22ClFN2O4. The summed E-state index contributed by atoms with van der Waals surface area (Å²) in [6.45, 7) is 3.64. The van der Waals surface area contributed by atoms with Crippen molar-refractivity contribution < 1.29 is 23.5 Å². The normalized spacial score (nSPS) is 15.0. The average Bonchev–Trinajstić information content (AvgIpc) is 2.73. The molecule has 1 aliphatic rings. The highest BCUT2D eigenvalue weighted by Crippen LogP contribution is 2.24. The van der Waals surface area contributed by atoms with Crippen molar-refractivity contribution in [3.63, 3.8) is 0 Å². The predicted molar refractivity (Wildman–Crippen MR) is 108 cm³/mol. The molecule has 0 saturated carbocycles. The monoisotopic (exact) mass is 420 g/mol. The molecule has 2 aromatic rings. The highest BCUT2D eigenvalue weighted by atomic mass is 35.5. The lowest BCUT2D eigenvalue weighted by Gasteiger charge is -2.37. The van der Waals surface area contributed by atoms with Gasteiger partial charge in [-0.2, -0.15) is 0 Å². The van der Waals surface area contributed by atoms with Gasteiger partial charge in [-0.1, -0.05) is 29.8 Å². The number of benzene rings is 2. The Hall–Kier alpha value is -2.80. The third-order valence-electron chi connectivity index (χ3n) is 4.61. The lowest BCUT2D eigenvalue weighted by Crippen LogP contribution is -2.51. The van der Waals surface area contributed by atoms with Crippen LogP contribution in [0.1, 0.15) is 6.92 Å². The second kappa shape index (κ2) is 9.60. The van der Waals surface area contributed by atoms with E-state index in [1.165, 1.54) is 19.1 Å². The number of rotatable bonds is 6. The number of piperazine rings is 1. The van der Waals surface area contributed by atoms with Crippen LogP contribution in [0, 0.1) is 5.82 Å². The molecule has 0 unspecified atom stereocenters. The molecule has 6 nitrogen and oxygen atoms in total. The third kappa shape index (κ3) is 5.60. The van der Waals surface area contributed by atoms with Gasteiger partial charge in [-0.3, -0.25) is 4.79 Å². The molecule has 1 atom stereocenters. The molecule has 0 aromatic heterocycles. The smallest absolute Gasteiger partial charge is 0.344 e.